The predicted octanol–water partition coefficient (Wildman–Crippen LogP) is 1.88. The summed E-state index contributed by atoms with van der Waals surface area (Å²) >= 11 is 0. The van der Waals surface area contributed by atoms with Gasteiger partial charge in [-0.05, 0) is 35.6 Å². The van der Waals surface area contributed by atoms with Crippen LogP contribution in [0, 0.1) is 5.92 Å². The molecule has 0 radical (unpaired) electrons. The minimum Gasteiger partial charge on any atom is -0.493 e. The molecular weight excluding hydrogens is 316 g/mol. The molecule has 1 aliphatic rings. The van der Waals surface area contributed by atoms with E-state index < -0.39 is 0 Å². The van der Waals surface area contributed by atoms with E-state index in [1.807, 2.05) is 7.05 Å². The maximum Gasteiger partial charge on any atom is 0.191 e. The maximum absolute atomic E-state index is 5.43. The highest BCUT2D eigenvalue weighted by molar-refractivity contribution is 5.79. The average molecular weight is 348 g/mol. The molecule has 0 aromatic heterocycles. The van der Waals surface area contributed by atoms with Crippen LogP contribution in [0.3, 0.4) is 0 Å². The highest BCUT2D eigenvalue weighted by Crippen LogP contribution is 2.33. The molecule has 0 amide bonds. The summed E-state index contributed by atoms with van der Waals surface area (Å²) in [6.07, 6.45) is 1.04. The lowest BCUT2D eigenvalue weighted by Crippen LogP contribution is -2.43. The Hall–Kier alpha value is -1.95. The van der Waals surface area contributed by atoms with E-state index >= 15 is 0 Å². The van der Waals surface area contributed by atoms with E-state index in [2.05, 4.69) is 46.5 Å². The van der Waals surface area contributed by atoms with Crippen molar-refractivity contribution in [3.8, 4) is 11.5 Å². The highest BCUT2D eigenvalue weighted by Gasteiger charge is 2.19. The van der Waals surface area contributed by atoms with Gasteiger partial charge in [0.05, 0.1) is 14.2 Å². The Morgan fingerprint density at radius 3 is 2.44 bits per heavy atom. The molecule has 0 bridgehead atoms. The Bertz CT molecular complexity index is 587. The first-order valence-electron chi connectivity index (χ1n) is 8.98. The first kappa shape index (κ1) is 19.4. The standard InChI is InChI=1S/C19H32N4O2/c1-14(2)12-22-19(20-3)21-7-9-23-8-6-15-10-17(24-4)18(25-5)11-16(15)13-23/h10-11,14H,6-9,12-13H2,1-5H3,(H2,20,21,22). The van der Waals surface area contributed by atoms with Gasteiger partial charge in [0.15, 0.2) is 17.5 Å². The largest absolute Gasteiger partial charge is 0.493 e. The van der Waals surface area contributed by atoms with E-state index in [-0.39, 0.29) is 0 Å². The van der Waals surface area contributed by atoms with Crippen molar-refractivity contribution in [3.63, 3.8) is 0 Å². The van der Waals surface area contributed by atoms with Gasteiger partial charge in [-0.25, -0.2) is 0 Å². The fourth-order valence-electron chi connectivity index (χ4n) is 2.99. The molecule has 0 aliphatic carbocycles. The quantitative estimate of drug-likeness (QED) is 0.582. The summed E-state index contributed by atoms with van der Waals surface area (Å²) in [6.45, 7) is 9.16. The first-order chi connectivity index (χ1) is 12.1. The Balaban J connectivity index is 1.86. The molecule has 0 atom stereocenters. The number of benzene rings is 1. The number of guanidine groups is 1. The SMILES string of the molecule is CN=C(NCCN1CCc2cc(OC)c(OC)cc2C1)NCC(C)C. The Labute approximate surface area is 151 Å². The fraction of sp³-hybridized carbons (Fsp3) is 0.632. The van der Waals surface area contributed by atoms with E-state index in [9.17, 15) is 0 Å². The number of hydrogen-bond donors (Lipinski definition) is 2. The number of rotatable bonds is 7. The number of hydrogen-bond acceptors (Lipinski definition) is 4. The zero-order chi connectivity index (χ0) is 18.2. The molecule has 0 fully saturated rings. The first-order valence-corrected chi connectivity index (χ1v) is 8.98. The predicted molar refractivity (Wildman–Crippen MR) is 103 cm³/mol. The number of fused-ring (bicyclic) bond motifs is 1. The molecule has 6 heteroatoms. The summed E-state index contributed by atoms with van der Waals surface area (Å²) in [7, 11) is 5.18. The summed E-state index contributed by atoms with van der Waals surface area (Å²) in [6, 6.07) is 4.22. The number of methoxy groups -OCH3 is 2. The molecule has 1 aliphatic heterocycles. The molecule has 1 aromatic rings. The molecule has 1 heterocycles. The van der Waals surface area contributed by atoms with Crippen molar-refractivity contribution < 1.29 is 9.47 Å². The van der Waals surface area contributed by atoms with Crippen LogP contribution in [0.5, 0.6) is 11.5 Å². The van der Waals surface area contributed by atoms with Crippen LogP contribution in [-0.2, 0) is 13.0 Å². The van der Waals surface area contributed by atoms with Crippen LogP contribution in [0.4, 0.5) is 0 Å². The van der Waals surface area contributed by atoms with E-state index in [0.29, 0.717) is 5.92 Å². The van der Waals surface area contributed by atoms with Gasteiger partial charge in [0.2, 0.25) is 0 Å². The number of ether oxygens (including phenoxy) is 2. The molecule has 0 saturated carbocycles. The molecule has 2 N–H and O–H groups in total. The monoisotopic (exact) mass is 348 g/mol. The van der Waals surface area contributed by atoms with Gasteiger partial charge < -0.3 is 20.1 Å². The second kappa shape index (κ2) is 9.51. The summed E-state index contributed by atoms with van der Waals surface area (Å²) in [5.41, 5.74) is 2.68. The summed E-state index contributed by atoms with van der Waals surface area (Å²) in [5.74, 6) is 3.09. The topological polar surface area (TPSA) is 58.1 Å². The van der Waals surface area contributed by atoms with Crippen LogP contribution in [0.2, 0.25) is 0 Å². The second-order valence-electron chi connectivity index (χ2n) is 6.78. The molecule has 0 spiro atoms. The minimum absolute atomic E-state index is 0.601. The molecule has 6 nitrogen and oxygen atoms in total. The average Bonchev–Trinajstić information content (AvgIpc) is 2.62. The molecule has 0 saturated heterocycles. The van der Waals surface area contributed by atoms with E-state index in [1.54, 1.807) is 14.2 Å². The van der Waals surface area contributed by atoms with Gasteiger partial charge >= 0.3 is 0 Å². The lowest BCUT2D eigenvalue weighted by Gasteiger charge is -2.29. The van der Waals surface area contributed by atoms with Crippen molar-refractivity contribution in [3.05, 3.63) is 23.3 Å². The third-order valence-electron chi connectivity index (χ3n) is 4.42. The van der Waals surface area contributed by atoms with Crippen molar-refractivity contribution in [1.29, 1.82) is 0 Å². The summed E-state index contributed by atoms with van der Waals surface area (Å²) in [5, 5.41) is 6.73. The summed E-state index contributed by atoms with van der Waals surface area (Å²) < 4.78 is 10.8. The van der Waals surface area contributed by atoms with Crippen LogP contribution in [0.15, 0.2) is 17.1 Å². The zero-order valence-corrected chi connectivity index (χ0v) is 16.2. The Morgan fingerprint density at radius 2 is 1.84 bits per heavy atom. The number of aliphatic imine (C=N–C) groups is 1. The van der Waals surface area contributed by atoms with Gasteiger partial charge in [0, 0.05) is 39.8 Å². The van der Waals surface area contributed by atoms with E-state index in [0.717, 1.165) is 56.6 Å². The molecule has 1 aromatic carbocycles. The lowest BCUT2D eigenvalue weighted by atomic mass is 9.99. The van der Waals surface area contributed by atoms with Gasteiger partial charge in [-0.15, -0.1) is 0 Å². The third kappa shape index (κ3) is 5.53. The van der Waals surface area contributed by atoms with Crippen molar-refractivity contribution in [1.82, 2.24) is 15.5 Å². The summed E-state index contributed by atoms with van der Waals surface area (Å²) in [4.78, 5) is 6.72. The maximum atomic E-state index is 5.43. The number of nitrogens with zero attached hydrogens (tertiary/aromatic N) is 2. The third-order valence-corrected chi connectivity index (χ3v) is 4.42. The van der Waals surface area contributed by atoms with Crippen molar-refractivity contribution in [2.45, 2.75) is 26.8 Å². The molecule has 2 rings (SSSR count). The fourth-order valence-corrected chi connectivity index (χ4v) is 2.99. The van der Waals surface area contributed by atoms with Crippen LogP contribution >= 0.6 is 0 Å². The van der Waals surface area contributed by atoms with Crippen LogP contribution < -0.4 is 20.1 Å². The lowest BCUT2D eigenvalue weighted by molar-refractivity contribution is 0.256. The molecular formula is C19H32N4O2. The molecule has 140 valence electrons. The van der Waals surface area contributed by atoms with E-state index in [1.165, 1.54) is 11.1 Å². The Kier molecular flexibility index (Phi) is 7.37. The second-order valence-corrected chi connectivity index (χ2v) is 6.78. The van der Waals surface area contributed by atoms with Gasteiger partial charge in [0.25, 0.3) is 0 Å². The highest BCUT2D eigenvalue weighted by atomic mass is 16.5. The molecule has 25 heavy (non-hydrogen) atoms. The van der Waals surface area contributed by atoms with Crippen LogP contribution in [0.25, 0.3) is 0 Å². The van der Waals surface area contributed by atoms with Crippen molar-refractivity contribution in [2.75, 3.05) is 47.4 Å². The smallest absolute Gasteiger partial charge is 0.191 e. The van der Waals surface area contributed by atoms with E-state index in [4.69, 9.17) is 9.47 Å². The zero-order valence-electron chi connectivity index (χ0n) is 16.2. The molecule has 0 unspecified atom stereocenters. The number of nitrogens with one attached hydrogen (secondary N) is 2. The van der Waals surface area contributed by atoms with Crippen molar-refractivity contribution in [2.24, 2.45) is 10.9 Å². The van der Waals surface area contributed by atoms with Crippen LogP contribution in [-0.4, -0.2) is 58.3 Å². The van der Waals surface area contributed by atoms with Gasteiger partial charge in [-0.3, -0.25) is 9.89 Å². The minimum atomic E-state index is 0.601. The Morgan fingerprint density at radius 1 is 1.16 bits per heavy atom. The normalized spacial score (nSPS) is 15.0. The van der Waals surface area contributed by atoms with Crippen molar-refractivity contribution >= 4 is 5.96 Å². The van der Waals surface area contributed by atoms with Gasteiger partial charge in [0.1, 0.15) is 0 Å². The van der Waals surface area contributed by atoms with Crippen LogP contribution in [0.1, 0.15) is 25.0 Å². The van der Waals surface area contributed by atoms with Gasteiger partial charge in [-0.1, -0.05) is 13.8 Å². The van der Waals surface area contributed by atoms with Gasteiger partial charge in [-0.2, -0.15) is 0 Å².